The molecule has 0 saturated carbocycles. The van der Waals surface area contributed by atoms with E-state index in [9.17, 15) is 9.59 Å². The van der Waals surface area contributed by atoms with Crippen LogP contribution >= 0.6 is 22.9 Å². The molecule has 4 rings (SSSR count). The zero-order chi connectivity index (χ0) is 23.9. The summed E-state index contributed by atoms with van der Waals surface area (Å²) in [5.74, 6) is 0.160. The monoisotopic (exact) mass is 504 g/mol. The van der Waals surface area contributed by atoms with Crippen LogP contribution in [0, 0.1) is 5.92 Å². The fourth-order valence-electron chi connectivity index (χ4n) is 4.79. The second-order valence-electron chi connectivity index (χ2n) is 9.06. The van der Waals surface area contributed by atoms with Crippen molar-refractivity contribution in [2.45, 2.75) is 45.1 Å². The summed E-state index contributed by atoms with van der Waals surface area (Å²) in [5.41, 5.74) is 0.849. The molecule has 1 aromatic carbocycles. The minimum atomic E-state index is -0.0617. The van der Waals surface area contributed by atoms with Crippen molar-refractivity contribution in [2.24, 2.45) is 5.92 Å². The summed E-state index contributed by atoms with van der Waals surface area (Å²) in [7, 11) is 0. The Balaban J connectivity index is 1.30. The Bertz CT molecular complexity index is 941. The van der Waals surface area contributed by atoms with Gasteiger partial charge in [-0.25, -0.2) is 4.98 Å². The van der Waals surface area contributed by atoms with Gasteiger partial charge in [0.2, 0.25) is 11.8 Å². The van der Waals surface area contributed by atoms with Crippen LogP contribution in [-0.4, -0.2) is 72.0 Å². The fourth-order valence-corrected chi connectivity index (χ4v) is 5.52. The summed E-state index contributed by atoms with van der Waals surface area (Å²) in [5, 5.41) is 3.32. The zero-order valence-corrected chi connectivity index (χ0v) is 21.3. The maximum atomic E-state index is 13.5. The number of amides is 2. The number of ether oxygens (including phenoxy) is 1. The van der Waals surface area contributed by atoms with Crippen molar-refractivity contribution in [1.29, 1.82) is 0 Å². The van der Waals surface area contributed by atoms with Crippen molar-refractivity contribution in [3.05, 3.63) is 40.9 Å². The normalized spacial score (nSPS) is 18.1. The number of aromatic nitrogens is 1. The highest BCUT2D eigenvalue weighted by Gasteiger charge is 2.30. The molecule has 2 saturated heterocycles. The average Bonchev–Trinajstić information content (AvgIpc) is 3.35. The molecule has 1 aromatic heterocycles. The quantitative estimate of drug-likeness (QED) is 0.535. The van der Waals surface area contributed by atoms with Gasteiger partial charge in [-0.05, 0) is 56.8 Å². The number of rotatable bonds is 8. The Morgan fingerprint density at radius 2 is 1.94 bits per heavy atom. The summed E-state index contributed by atoms with van der Waals surface area (Å²) < 4.78 is 5.97. The van der Waals surface area contributed by atoms with Gasteiger partial charge in [-0.3, -0.25) is 9.59 Å². The van der Waals surface area contributed by atoms with Crippen LogP contribution < -0.4 is 9.64 Å². The highest BCUT2D eigenvalue weighted by molar-refractivity contribution is 7.11. The van der Waals surface area contributed by atoms with E-state index in [4.69, 9.17) is 16.3 Å². The van der Waals surface area contributed by atoms with Crippen molar-refractivity contribution in [3.8, 4) is 5.19 Å². The highest BCUT2D eigenvalue weighted by atomic mass is 35.5. The molecule has 0 aliphatic carbocycles. The van der Waals surface area contributed by atoms with E-state index >= 15 is 0 Å². The molecular weight excluding hydrogens is 472 g/mol. The van der Waals surface area contributed by atoms with Gasteiger partial charge in [0.1, 0.15) is 6.10 Å². The van der Waals surface area contributed by atoms with Crippen molar-refractivity contribution in [3.63, 3.8) is 0 Å². The van der Waals surface area contributed by atoms with Crippen LogP contribution in [0.5, 0.6) is 5.19 Å². The molecule has 2 amide bonds. The lowest BCUT2D eigenvalue weighted by molar-refractivity contribution is -0.133. The molecule has 0 unspecified atom stereocenters. The number of halogens is 1. The van der Waals surface area contributed by atoms with Gasteiger partial charge in [-0.1, -0.05) is 29.0 Å². The molecule has 0 atom stereocenters. The minimum absolute atomic E-state index is 0.0617. The van der Waals surface area contributed by atoms with E-state index in [2.05, 4.69) is 9.88 Å². The molecule has 0 N–H and O–H groups in total. The lowest BCUT2D eigenvalue weighted by atomic mass is 9.94. The largest absolute Gasteiger partial charge is 0.467 e. The maximum Gasteiger partial charge on any atom is 0.273 e. The third kappa shape index (κ3) is 6.71. The number of anilines is 1. The van der Waals surface area contributed by atoms with E-state index in [1.165, 1.54) is 11.3 Å². The Morgan fingerprint density at radius 1 is 1.18 bits per heavy atom. The molecule has 184 valence electrons. The summed E-state index contributed by atoms with van der Waals surface area (Å²) in [4.78, 5) is 35.6. The van der Waals surface area contributed by atoms with E-state index in [1.54, 1.807) is 13.1 Å². The summed E-state index contributed by atoms with van der Waals surface area (Å²) >= 11 is 7.78. The molecule has 0 spiro atoms. The van der Waals surface area contributed by atoms with Gasteiger partial charge in [-0.15, -0.1) is 0 Å². The molecule has 0 radical (unpaired) electrons. The SMILES string of the molecule is CC(=O)N1CCC(C(=O)N(CCCN2CCC(Oc3nccs3)CC2)c2cccc(Cl)c2)CC1. The topological polar surface area (TPSA) is 66.0 Å². The first-order valence-electron chi connectivity index (χ1n) is 12.1. The summed E-state index contributed by atoms with van der Waals surface area (Å²) in [6.07, 6.45) is 6.30. The number of nitrogens with zero attached hydrogens (tertiary/aromatic N) is 4. The molecular formula is C25H33ClN4O3S. The lowest BCUT2D eigenvalue weighted by Crippen LogP contribution is -2.45. The molecule has 34 heavy (non-hydrogen) atoms. The Morgan fingerprint density at radius 3 is 2.59 bits per heavy atom. The van der Waals surface area contributed by atoms with Gasteiger partial charge in [0, 0.05) is 67.9 Å². The second-order valence-corrected chi connectivity index (χ2v) is 10.4. The van der Waals surface area contributed by atoms with E-state index in [0.29, 0.717) is 37.5 Å². The minimum Gasteiger partial charge on any atom is -0.467 e. The van der Waals surface area contributed by atoms with E-state index in [0.717, 1.165) is 49.8 Å². The number of hydrogen-bond acceptors (Lipinski definition) is 6. The number of carbonyl (C=O) groups excluding carboxylic acids is 2. The molecule has 2 aliphatic rings. The molecule has 2 fully saturated rings. The number of carbonyl (C=O) groups is 2. The van der Waals surface area contributed by atoms with Gasteiger partial charge < -0.3 is 19.4 Å². The second kappa shape index (κ2) is 12.0. The molecule has 2 aliphatic heterocycles. The number of thiazole rings is 1. The van der Waals surface area contributed by atoms with Crippen LogP contribution in [0.25, 0.3) is 0 Å². The van der Waals surface area contributed by atoms with Crippen molar-refractivity contribution in [1.82, 2.24) is 14.8 Å². The molecule has 2 aromatic rings. The predicted molar refractivity (Wildman–Crippen MR) is 136 cm³/mol. The van der Waals surface area contributed by atoms with E-state index < -0.39 is 0 Å². The van der Waals surface area contributed by atoms with Crippen LogP contribution in [0.1, 0.15) is 39.0 Å². The predicted octanol–water partition coefficient (Wildman–Crippen LogP) is 4.32. The van der Waals surface area contributed by atoms with Crippen molar-refractivity contribution >= 4 is 40.4 Å². The Kier molecular flexibility index (Phi) is 8.80. The number of likely N-dealkylation sites (tertiary alicyclic amines) is 2. The van der Waals surface area contributed by atoms with E-state index in [1.807, 2.05) is 39.4 Å². The van der Waals surface area contributed by atoms with Crippen molar-refractivity contribution in [2.75, 3.05) is 44.2 Å². The molecule has 3 heterocycles. The summed E-state index contributed by atoms with van der Waals surface area (Å²) in [6.45, 7) is 6.46. The Hall–Kier alpha value is -2.16. The average molecular weight is 505 g/mol. The first-order chi connectivity index (χ1) is 16.5. The summed E-state index contributed by atoms with van der Waals surface area (Å²) in [6, 6.07) is 7.54. The molecule has 0 bridgehead atoms. The van der Waals surface area contributed by atoms with E-state index in [-0.39, 0.29) is 23.8 Å². The van der Waals surface area contributed by atoms with Crippen LogP contribution in [0.3, 0.4) is 0 Å². The number of piperidine rings is 2. The van der Waals surface area contributed by atoms with Gasteiger partial charge in [0.15, 0.2) is 0 Å². The number of benzene rings is 1. The first kappa shape index (κ1) is 24.9. The maximum absolute atomic E-state index is 13.5. The van der Waals surface area contributed by atoms with Crippen LogP contribution in [0.15, 0.2) is 35.8 Å². The molecule has 9 heteroatoms. The van der Waals surface area contributed by atoms with Gasteiger partial charge >= 0.3 is 0 Å². The van der Waals surface area contributed by atoms with Crippen LogP contribution in [0.4, 0.5) is 5.69 Å². The smallest absolute Gasteiger partial charge is 0.273 e. The molecule has 7 nitrogen and oxygen atoms in total. The standard InChI is InChI=1S/C25H33ClN4O3S/c1-19(31)29-15-6-20(7-16-29)24(32)30(22-5-2-4-21(26)18-22)12-3-11-28-13-8-23(9-14-28)33-25-27-10-17-34-25/h2,4-5,10,17-18,20,23H,3,6-9,11-16H2,1H3. The van der Waals surface area contributed by atoms with Gasteiger partial charge in [-0.2, -0.15) is 0 Å². The van der Waals surface area contributed by atoms with Gasteiger partial charge in [0.05, 0.1) is 0 Å². The lowest BCUT2D eigenvalue weighted by Gasteiger charge is -2.35. The highest BCUT2D eigenvalue weighted by Crippen LogP contribution is 2.26. The first-order valence-corrected chi connectivity index (χ1v) is 13.4. The number of hydrogen-bond donors (Lipinski definition) is 0. The zero-order valence-electron chi connectivity index (χ0n) is 19.7. The third-order valence-corrected chi connectivity index (χ3v) is 7.64. The van der Waals surface area contributed by atoms with Crippen LogP contribution in [0.2, 0.25) is 5.02 Å². The third-order valence-electron chi connectivity index (χ3n) is 6.74. The van der Waals surface area contributed by atoms with Crippen molar-refractivity contribution < 1.29 is 14.3 Å². The Labute approximate surface area is 210 Å². The fraction of sp³-hybridized carbons (Fsp3) is 0.560. The van der Waals surface area contributed by atoms with Crippen LogP contribution in [-0.2, 0) is 9.59 Å². The van der Waals surface area contributed by atoms with Gasteiger partial charge in [0.25, 0.3) is 5.19 Å².